The summed E-state index contributed by atoms with van der Waals surface area (Å²) in [5, 5.41) is 1.38. The van der Waals surface area contributed by atoms with Crippen molar-refractivity contribution in [2.24, 2.45) is 5.73 Å². The molecule has 7 nitrogen and oxygen atoms in total. The van der Waals surface area contributed by atoms with Crippen LogP contribution in [0.4, 0.5) is 0 Å². The normalized spacial score (nSPS) is 12.4. The van der Waals surface area contributed by atoms with Gasteiger partial charge in [-0.05, 0) is 56.5 Å². The summed E-state index contributed by atoms with van der Waals surface area (Å²) in [7, 11) is 1.74. The average molecular weight is 426 g/mol. The number of para-hydroxylation sites is 1. The van der Waals surface area contributed by atoms with E-state index in [-0.39, 0.29) is 12.1 Å². The zero-order chi connectivity index (χ0) is 22.8. The van der Waals surface area contributed by atoms with Crippen molar-refractivity contribution in [2.45, 2.75) is 26.9 Å². The predicted octanol–water partition coefficient (Wildman–Crippen LogP) is 0.976. The number of benzene rings is 1. The molecule has 1 heterocycles. The van der Waals surface area contributed by atoms with Crippen molar-refractivity contribution < 1.29 is 14.3 Å². The Morgan fingerprint density at radius 2 is 2.00 bits per heavy atom. The Morgan fingerprint density at radius 3 is 2.65 bits per heavy atom. The highest BCUT2D eigenvalue weighted by molar-refractivity contribution is 5.75. The summed E-state index contributed by atoms with van der Waals surface area (Å²) in [6, 6.07) is 11.3. The standard InChI is InChI=1S/C24H31N3O4/c1-5-30-14-13-27-19(3)20(12-11-18(2)31-22-9-7-6-8-10-22)15-21(24(27)29)16-26(4)17-23(25)28/h6-12,15H,3,5,13-14,16-17H2,1-2,4H3,(H2,25,28)/b18-11+,20-12-. The zero-order valence-corrected chi connectivity index (χ0v) is 18.5. The predicted molar refractivity (Wildman–Crippen MR) is 123 cm³/mol. The minimum absolute atomic E-state index is 0.0630. The highest BCUT2D eigenvalue weighted by Crippen LogP contribution is 2.12. The number of nitrogens with two attached hydrogens (primary N) is 1. The molecular formula is C24H31N3O4. The maximum atomic E-state index is 13.0. The second-order valence-electron chi connectivity index (χ2n) is 7.22. The Kier molecular flexibility index (Phi) is 9.24. The van der Waals surface area contributed by atoms with Gasteiger partial charge in [-0.25, -0.2) is 0 Å². The molecule has 0 bridgehead atoms. The van der Waals surface area contributed by atoms with Crippen molar-refractivity contribution in [3.05, 3.63) is 74.7 Å². The summed E-state index contributed by atoms with van der Waals surface area (Å²) in [5.74, 6) is 0.997. The second-order valence-corrected chi connectivity index (χ2v) is 7.22. The van der Waals surface area contributed by atoms with Crippen LogP contribution in [0.3, 0.4) is 0 Å². The highest BCUT2D eigenvalue weighted by Gasteiger charge is 2.10. The Labute approximate surface area is 182 Å². The maximum Gasteiger partial charge on any atom is 0.255 e. The van der Waals surface area contributed by atoms with Gasteiger partial charge < -0.3 is 19.8 Å². The fraction of sp³-hybridized carbons (Fsp3) is 0.333. The van der Waals surface area contributed by atoms with Crippen LogP contribution >= 0.6 is 0 Å². The van der Waals surface area contributed by atoms with Gasteiger partial charge in [-0.3, -0.25) is 14.5 Å². The first-order chi connectivity index (χ1) is 14.8. The number of likely N-dealkylation sites (N-methyl/N-ethyl adjacent to an activating group) is 1. The largest absolute Gasteiger partial charge is 0.462 e. The topological polar surface area (TPSA) is 86.8 Å². The molecule has 0 aliphatic heterocycles. The smallest absolute Gasteiger partial charge is 0.255 e. The monoisotopic (exact) mass is 425 g/mol. The number of amides is 1. The highest BCUT2D eigenvalue weighted by atomic mass is 16.5. The second kappa shape index (κ2) is 11.9. The molecule has 166 valence electrons. The quantitative estimate of drug-likeness (QED) is 0.428. The molecular weight excluding hydrogens is 394 g/mol. The van der Waals surface area contributed by atoms with Crippen LogP contribution in [0.2, 0.25) is 0 Å². The molecule has 0 atom stereocenters. The molecule has 1 aromatic carbocycles. The Balaban J connectivity index is 2.42. The molecule has 0 fully saturated rings. The molecule has 2 rings (SSSR count). The Bertz CT molecular complexity index is 1070. The van der Waals surface area contributed by atoms with E-state index in [0.717, 1.165) is 11.0 Å². The molecule has 0 radical (unpaired) electrons. The van der Waals surface area contributed by atoms with E-state index in [2.05, 4.69) is 6.58 Å². The molecule has 2 N–H and O–H groups in total. The number of aromatic nitrogens is 1. The van der Waals surface area contributed by atoms with Gasteiger partial charge in [0, 0.05) is 30.6 Å². The van der Waals surface area contributed by atoms with Crippen LogP contribution in [-0.4, -0.2) is 42.2 Å². The molecule has 7 heteroatoms. The molecule has 2 aromatic rings. The number of rotatable bonds is 11. The van der Waals surface area contributed by atoms with E-state index in [1.165, 1.54) is 0 Å². The fourth-order valence-electron chi connectivity index (χ4n) is 3.11. The number of hydrogen-bond donors (Lipinski definition) is 1. The maximum absolute atomic E-state index is 13.0. The third-order valence-electron chi connectivity index (χ3n) is 4.56. The number of hydrogen-bond acceptors (Lipinski definition) is 5. The summed E-state index contributed by atoms with van der Waals surface area (Å²) in [4.78, 5) is 25.9. The number of primary amides is 1. The van der Waals surface area contributed by atoms with Crippen molar-refractivity contribution in [1.29, 1.82) is 0 Å². The van der Waals surface area contributed by atoms with Crippen molar-refractivity contribution in [1.82, 2.24) is 9.47 Å². The third-order valence-corrected chi connectivity index (χ3v) is 4.56. The number of pyridine rings is 1. The SMILES string of the molecule is C=c1/c(=C\C=C(/C)Oc2ccccc2)cc(CN(C)CC(N)=O)c(=O)n1CCOCC. The summed E-state index contributed by atoms with van der Waals surface area (Å²) in [6.07, 6.45) is 3.71. The average Bonchev–Trinajstić information content (AvgIpc) is 2.72. The molecule has 1 aromatic heterocycles. The lowest BCUT2D eigenvalue weighted by atomic mass is 10.2. The molecule has 0 aliphatic rings. The first kappa shape index (κ1) is 24.1. The number of allylic oxidation sites excluding steroid dienone is 2. The molecule has 0 saturated heterocycles. The Morgan fingerprint density at radius 1 is 1.29 bits per heavy atom. The van der Waals surface area contributed by atoms with Crippen molar-refractivity contribution in [3.8, 4) is 5.75 Å². The van der Waals surface area contributed by atoms with Gasteiger partial charge >= 0.3 is 0 Å². The van der Waals surface area contributed by atoms with Crippen LogP contribution in [0.15, 0.2) is 53.0 Å². The number of nitrogens with zero attached hydrogens (tertiary/aromatic N) is 2. The first-order valence-electron chi connectivity index (χ1n) is 10.2. The minimum atomic E-state index is -0.448. The lowest BCUT2D eigenvalue weighted by molar-refractivity contribution is -0.118. The van der Waals surface area contributed by atoms with Crippen molar-refractivity contribution >= 4 is 18.6 Å². The molecule has 1 amide bonds. The van der Waals surface area contributed by atoms with Gasteiger partial charge in [0.05, 0.1) is 13.2 Å². The molecule has 0 aliphatic carbocycles. The van der Waals surface area contributed by atoms with Crippen LogP contribution in [0.25, 0.3) is 12.7 Å². The van der Waals surface area contributed by atoms with Gasteiger partial charge in [0.1, 0.15) is 11.5 Å². The summed E-state index contributed by atoms with van der Waals surface area (Å²) in [6.45, 7) is 9.60. The molecule has 31 heavy (non-hydrogen) atoms. The first-order valence-corrected chi connectivity index (χ1v) is 10.2. The van der Waals surface area contributed by atoms with Gasteiger partial charge in [-0.2, -0.15) is 0 Å². The zero-order valence-electron chi connectivity index (χ0n) is 18.5. The van der Waals surface area contributed by atoms with E-state index in [0.29, 0.717) is 43.0 Å². The molecule has 0 unspecified atom stereocenters. The van der Waals surface area contributed by atoms with Crippen LogP contribution in [0.5, 0.6) is 5.75 Å². The van der Waals surface area contributed by atoms with E-state index < -0.39 is 5.91 Å². The third kappa shape index (κ3) is 7.55. The number of carbonyl (C=O) groups is 1. The fourth-order valence-corrected chi connectivity index (χ4v) is 3.11. The van der Waals surface area contributed by atoms with Crippen molar-refractivity contribution in [2.75, 3.05) is 26.8 Å². The van der Waals surface area contributed by atoms with Crippen LogP contribution < -0.4 is 26.6 Å². The lowest BCUT2D eigenvalue weighted by Gasteiger charge is -2.16. The number of ether oxygens (including phenoxy) is 2. The minimum Gasteiger partial charge on any atom is -0.462 e. The number of carbonyl (C=O) groups excluding carboxylic acids is 1. The van der Waals surface area contributed by atoms with Gasteiger partial charge in [-0.15, -0.1) is 0 Å². The van der Waals surface area contributed by atoms with Crippen LogP contribution in [0, 0.1) is 0 Å². The van der Waals surface area contributed by atoms with E-state index in [9.17, 15) is 9.59 Å². The van der Waals surface area contributed by atoms with Gasteiger partial charge in [-0.1, -0.05) is 24.8 Å². The van der Waals surface area contributed by atoms with E-state index in [4.69, 9.17) is 15.2 Å². The van der Waals surface area contributed by atoms with Gasteiger partial charge in [0.2, 0.25) is 5.91 Å². The molecule has 0 spiro atoms. The summed E-state index contributed by atoms with van der Waals surface area (Å²) < 4.78 is 12.8. The van der Waals surface area contributed by atoms with E-state index in [1.54, 1.807) is 22.6 Å². The van der Waals surface area contributed by atoms with Crippen LogP contribution in [0.1, 0.15) is 19.4 Å². The van der Waals surface area contributed by atoms with Gasteiger partial charge in [0.25, 0.3) is 5.56 Å². The van der Waals surface area contributed by atoms with E-state index >= 15 is 0 Å². The summed E-state index contributed by atoms with van der Waals surface area (Å²) >= 11 is 0. The summed E-state index contributed by atoms with van der Waals surface area (Å²) in [5.41, 5.74) is 5.67. The lowest BCUT2D eigenvalue weighted by Crippen LogP contribution is -2.45. The van der Waals surface area contributed by atoms with Crippen LogP contribution in [-0.2, 0) is 22.6 Å². The Hall–Kier alpha value is -3.16. The van der Waals surface area contributed by atoms with Crippen molar-refractivity contribution in [3.63, 3.8) is 0 Å². The molecule has 0 saturated carbocycles. The van der Waals surface area contributed by atoms with Gasteiger partial charge in [0.15, 0.2) is 0 Å². The van der Waals surface area contributed by atoms with E-state index in [1.807, 2.05) is 56.3 Å².